The smallest absolute Gasteiger partial charge is 0.161 e. The minimum absolute atomic E-state index is 0.584. The number of hydrogen-bond acceptors (Lipinski definition) is 1. The van der Waals surface area contributed by atoms with Gasteiger partial charge >= 0.3 is 0 Å². The van der Waals surface area contributed by atoms with Crippen LogP contribution < -0.4 is 5.73 Å². The maximum Gasteiger partial charge on any atom is 0.161 e. The first kappa shape index (κ1) is 14.0. The molecule has 0 saturated carbocycles. The van der Waals surface area contributed by atoms with Gasteiger partial charge in [-0.05, 0) is 18.6 Å². The predicted octanol–water partition coefficient (Wildman–Crippen LogP) is 3.84. The zero-order chi connectivity index (χ0) is 14.4. The summed E-state index contributed by atoms with van der Waals surface area (Å²) in [5, 5.41) is 0. The second-order valence-electron chi connectivity index (χ2n) is 4.54. The number of amidine groups is 2. The fraction of sp³-hybridized carbons (Fsp3) is 0.176. The standard InChI is InChI=1S/C17H19N3/c1-3-16(18)20-17(14-10-5-4-6-11-14)19-15-12-8-7-9-13(15)2/h4-12H,3H2,1-2H3,(H2,18,19,20). The SMILES string of the molecule is CCC(N)=NC(=Nc1ccccc1C)c1ccccc1. The summed E-state index contributed by atoms with van der Waals surface area (Å²) in [5.74, 6) is 1.24. The highest BCUT2D eigenvalue weighted by Gasteiger charge is 2.04. The minimum Gasteiger partial charge on any atom is -0.387 e. The van der Waals surface area contributed by atoms with E-state index in [0.29, 0.717) is 18.1 Å². The van der Waals surface area contributed by atoms with E-state index in [1.165, 1.54) is 0 Å². The van der Waals surface area contributed by atoms with Crippen LogP contribution >= 0.6 is 0 Å². The van der Waals surface area contributed by atoms with Crippen LogP contribution in [0.15, 0.2) is 64.6 Å². The number of nitrogens with zero attached hydrogens (tertiary/aromatic N) is 2. The zero-order valence-corrected chi connectivity index (χ0v) is 11.9. The third kappa shape index (κ3) is 3.54. The maximum absolute atomic E-state index is 5.87. The molecule has 0 amide bonds. The van der Waals surface area contributed by atoms with Crippen molar-refractivity contribution >= 4 is 17.4 Å². The number of hydrogen-bond donors (Lipinski definition) is 1. The molecule has 2 N–H and O–H groups in total. The molecule has 0 spiro atoms. The Balaban J connectivity index is 2.50. The van der Waals surface area contributed by atoms with Crippen molar-refractivity contribution in [3.05, 3.63) is 65.7 Å². The molecule has 20 heavy (non-hydrogen) atoms. The first-order chi connectivity index (χ1) is 9.70. The first-order valence-electron chi connectivity index (χ1n) is 6.73. The van der Waals surface area contributed by atoms with E-state index in [9.17, 15) is 0 Å². The molecular formula is C17H19N3. The van der Waals surface area contributed by atoms with E-state index in [0.717, 1.165) is 16.8 Å². The Bertz CT molecular complexity index is 628. The highest BCUT2D eigenvalue weighted by molar-refractivity contribution is 6.07. The number of para-hydroxylation sites is 1. The van der Waals surface area contributed by atoms with Crippen molar-refractivity contribution in [2.45, 2.75) is 20.3 Å². The number of aryl methyl sites for hydroxylation is 1. The average molecular weight is 265 g/mol. The van der Waals surface area contributed by atoms with Crippen LogP contribution in [0.4, 0.5) is 5.69 Å². The molecule has 0 bridgehead atoms. The molecule has 0 aromatic heterocycles. The lowest BCUT2D eigenvalue weighted by molar-refractivity contribution is 1.24. The highest BCUT2D eigenvalue weighted by atomic mass is 15.0. The summed E-state index contributed by atoms with van der Waals surface area (Å²) in [6.07, 6.45) is 0.708. The molecule has 0 aliphatic heterocycles. The third-order valence-electron chi connectivity index (χ3n) is 2.99. The van der Waals surface area contributed by atoms with Crippen molar-refractivity contribution in [3.8, 4) is 0 Å². The summed E-state index contributed by atoms with van der Waals surface area (Å²) in [7, 11) is 0. The molecule has 0 aliphatic carbocycles. The molecular weight excluding hydrogens is 246 g/mol. The van der Waals surface area contributed by atoms with Crippen LogP contribution in [-0.4, -0.2) is 11.7 Å². The number of benzene rings is 2. The second-order valence-corrected chi connectivity index (χ2v) is 4.54. The van der Waals surface area contributed by atoms with E-state index >= 15 is 0 Å². The van der Waals surface area contributed by atoms with Crippen molar-refractivity contribution in [1.29, 1.82) is 0 Å². The maximum atomic E-state index is 5.87. The summed E-state index contributed by atoms with van der Waals surface area (Å²) in [6.45, 7) is 4.02. The summed E-state index contributed by atoms with van der Waals surface area (Å²) < 4.78 is 0. The molecule has 0 fully saturated rings. The lowest BCUT2D eigenvalue weighted by atomic mass is 10.2. The van der Waals surface area contributed by atoms with Crippen molar-refractivity contribution in [1.82, 2.24) is 0 Å². The zero-order valence-electron chi connectivity index (χ0n) is 11.9. The van der Waals surface area contributed by atoms with Gasteiger partial charge in [0.05, 0.1) is 5.69 Å². The summed E-state index contributed by atoms with van der Waals surface area (Å²) in [5.41, 5.74) is 8.87. The Labute approximate surface area is 119 Å². The van der Waals surface area contributed by atoms with Gasteiger partial charge in [-0.15, -0.1) is 0 Å². The Morgan fingerprint density at radius 2 is 1.65 bits per heavy atom. The van der Waals surface area contributed by atoms with Gasteiger partial charge in [0, 0.05) is 12.0 Å². The molecule has 0 unspecified atom stereocenters. The lowest BCUT2D eigenvalue weighted by Crippen LogP contribution is -2.13. The van der Waals surface area contributed by atoms with E-state index in [1.54, 1.807) is 0 Å². The van der Waals surface area contributed by atoms with Crippen LogP contribution in [0, 0.1) is 6.92 Å². The van der Waals surface area contributed by atoms with Crippen molar-refractivity contribution in [2.24, 2.45) is 15.7 Å². The molecule has 2 aromatic rings. The van der Waals surface area contributed by atoms with E-state index in [2.05, 4.69) is 9.98 Å². The predicted molar refractivity (Wildman–Crippen MR) is 85.7 cm³/mol. The molecule has 0 atom stereocenters. The Hall–Kier alpha value is -2.42. The van der Waals surface area contributed by atoms with Crippen molar-refractivity contribution < 1.29 is 0 Å². The summed E-state index contributed by atoms with van der Waals surface area (Å²) in [6, 6.07) is 17.9. The van der Waals surface area contributed by atoms with E-state index in [-0.39, 0.29) is 0 Å². The Morgan fingerprint density at radius 1 is 1.00 bits per heavy atom. The van der Waals surface area contributed by atoms with Crippen LogP contribution in [0.3, 0.4) is 0 Å². The topological polar surface area (TPSA) is 50.7 Å². The van der Waals surface area contributed by atoms with Gasteiger partial charge < -0.3 is 5.73 Å². The van der Waals surface area contributed by atoms with Gasteiger partial charge in [0.25, 0.3) is 0 Å². The van der Waals surface area contributed by atoms with Crippen LogP contribution in [-0.2, 0) is 0 Å². The second kappa shape index (κ2) is 6.66. The van der Waals surface area contributed by atoms with E-state index < -0.39 is 0 Å². The van der Waals surface area contributed by atoms with Gasteiger partial charge in [-0.25, -0.2) is 9.98 Å². The highest BCUT2D eigenvalue weighted by Crippen LogP contribution is 2.19. The summed E-state index contributed by atoms with van der Waals surface area (Å²) in [4.78, 5) is 9.11. The first-order valence-corrected chi connectivity index (χ1v) is 6.73. The van der Waals surface area contributed by atoms with Crippen LogP contribution in [0.5, 0.6) is 0 Å². The molecule has 0 heterocycles. The molecule has 3 nitrogen and oxygen atoms in total. The van der Waals surface area contributed by atoms with Gasteiger partial charge in [-0.1, -0.05) is 55.5 Å². The number of rotatable bonds is 3. The van der Waals surface area contributed by atoms with Gasteiger partial charge in [0.2, 0.25) is 0 Å². The molecule has 0 saturated heterocycles. The van der Waals surface area contributed by atoms with Crippen molar-refractivity contribution in [2.75, 3.05) is 0 Å². The average Bonchev–Trinajstić information content (AvgIpc) is 2.49. The monoisotopic (exact) mass is 265 g/mol. The fourth-order valence-electron chi connectivity index (χ4n) is 1.76. The molecule has 3 heteroatoms. The van der Waals surface area contributed by atoms with Gasteiger partial charge in [0.1, 0.15) is 5.84 Å². The molecule has 0 aliphatic rings. The van der Waals surface area contributed by atoms with Gasteiger partial charge in [-0.3, -0.25) is 0 Å². The van der Waals surface area contributed by atoms with Crippen LogP contribution in [0.2, 0.25) is 0 Å². The molecule has 2 aromatic carbocycles. The Morgan fingerprint density at radius 3 is 2.30 bits per heavy atom. The van der Waals surface area contributed by atoms with Crippen LogP contribution in [0.1, 0.15) is 24.5 Å². The Kier molecular flexibility index (Phi) is 4.66. The normalized spacial score (nSPS) is 12.5. The third-order valence-corrected chi connectivity index (χ3v) is 2.99. The number of aliphatic imine (C=N–C) groups is 2. The quantitative estimate of drug-likeness (QED) is 0.665. The van der Waals surface area contributed by atoms with E-state index in [1.807, 2.05) is 68.4 Å². The van der Waals surface area contributed by atoms with Gasteiger partial charge in [0.15, 0.2) is 5.84 Å². The van der Waals surface area contributed by atoms with Gasteiger partial charge in [-0.2, -0.15) is 0 Å². The molecule has 0 radical (unpaired) electrons. The van der Waals surface area contributed by atoms with Crippen LogP contribution in [0.25, 0.3) is 0 Å². The molecule has 102 valence electrons. The summed E-state index contributed by atoms with van der Waals surface area (Å²) >= 11 is 0. The van der Waals surface area contributed by atoms with E-state index in [4.69, 9.17) is 5.73 Å². The largest absolute Gasteiger partial charge is 0.387 e. The fourth-order valence-corrected chi connectivity index (χ4v) is 1.76. The number of nitrogens with two attached hydrogens (primary N) is 1. The molecule has 2 rings (SSSR count). The van der Waals surface area contributed by atoms with Crippen molar-refractivity contribution in [3.63, 3.8) is 0 Å². The minimum atomic E-state index is 0.584. The lowest BCUT2D eigenvalue weighted by Gasteiger charge is -2.05.